The Morgan fingerprint density at radius 3 is 2.40 bits per heavy atom. The van der Waals surface area contributed by atoms with Gasteiger partial charge in [-0.1, -0.05) is 12.1 Å². The molecule has 1 N–H and O–H groups in total. The zero-order chi connectivity index (χ0) is 18.6. The van der Waals surface area contributed by atoms with Gasteiger partial charge in [-0.15, -0.1) is 0 Å². The van der Waals surface area contributed by atoms with Crippen molar-refractivity contribution >= 4 is 17.7 Å². The number of benzene rings is 1. The van der Waals surface area contributed by atoms with E-state index in [1.807, 2.05) is 0 Å². The molecule has 1 aliphatic rings. The van der Waals surface area contributed by atoms with Gasteiger partial charge in [0, 0.05) is 25.2 Å². The fraction of sp³-hybridized carbons (Fsp3) is 0.529. The van der Waals surface area contributed by atoms with Gasteiger partial charge >= 0.3 is 6.09 Å². The fourth-order valence-corrected chi connectivity index (χ4v) is 2.69. The molecule has 25 heavy (non-hydrogen) atoms. The van der Waals surface area contributed by atoms with Crippen molar-refractivity contribution in [2.45, 2.75) is 45.3 Å². The number of ether oxygens (including phenoxy) is 1. The average molecular weight is 349 g/mol. The number of hydrogen-bond acceptors (Lipinski definition) is 5. The van der Waals surface area contributed by atoms with Gasteiger partial charge in [0.25, 0.3) is 11.6 Å². The summed E-state index contributed by atoms with van der Waals surface area (Å²) in [7, 11) is 0. The molecule has 0 bridgehead atoms. The molecule has 0 atom stereocenters. The lowest BCUT2D eigenvalue weighted by Gasteiger charge is -2.32. The van der Waals surface area contributed by atoms with E-state index in [1.54, 1.807) is 31.7 Å². The molecule has 8 heteroatoms. The molecule has 1 aromatic carbocycles. The standard InChI is InChI=1S/C17H23N3O5/c1-17(2,3)25-16(22)18-12-8-10-19(11-9-12)15(21)13-6-4-5-7-14(13)20(23)24/h4-7,12H,8-11H2,1-3H3,(H,18,22). The van der Waals surface area contributed by atoms with E-state index in [4.69, 9.17) is 4.74 Å². The average Bonchev–Trinajstić information content (AvgIpc) is 2.53. The number of alkyl carbamates (subject to hydrolysis) is 1. The van der Waals surface area contributed by atoms with E-state index in [0.717, 1.165) is 0 Å². The lowest BCUT2D eigenvalue weighted by atomic mass is 10.0. The number of likely N-dealkylation sites (tertiary alicyclic amines) is 1. The quantitative estimate of drug-likeness (QED) is 0.668. The lowest BCUT2D eigenvalue weighted by molar-refractivity contribution is -0.385. The van der Waals surface area contributed by atoms with Crippen LogP contribution in [0.15, 0.2) is 24.3 Å². The van der Waals surface area contributed by atoms with Crippen LogP contribution in [0.1, 0.15) is 44.0 Å². The van der Waals surface area contributed by atoms with Crippen molar-refractivity contribution in [1.29, 1.82) is 0 Å². The van der Waals surface area contributed by atoms with Crippen LogP contribution in [-0.4, -0.2) is 46.6 Å². The van der Waals surface area contributed by atoms with Crippen LogP contribution in [-0.2, 0) is 4.74 Å². The van der Waals surface area contributed by atoms with Gasteiger partial charge in [-0.25, -0.2) is 4.79 Å². The summed E-state index contributed by atoms with van der Waals surface area (Å²) in [4.78, 5) is 36.4. The van der Waals surface area contributed by atoms with Gasteiger partial charge < -0.3 is 15.0 Å². The highest BCUT2D eigenvalue weighted by Gasteiger charge is 2.29. The Hall–Kier alpha value is -2.64. The summed E-state index contributed by atoms with van der Waals surface area (Å²) in [6.07, 6.45) is 0.674. The van der Waals surface area contributed by atoms with Crippen LogP contribution >= 0.6 is 0 Å². The molecule has 1 aliphatic heterocycles. The lowest BCUT2D eigenvalue weighted by Crippen LogP contribution is -2.47. The van der Waals surface area contributed by atoms with Crippen molar-refractivity contribution in [2.24, 2.45) is 0 Å². The highest BCUT2D eigenvalue weighted by molar-refractivity contribution is 5.98. The maximum atomic E-state index is 12.6. The number of nitro benzene ring substituents is 1. The summed E-state index contributed by atoms with van der Waals surface area (Å²) in [6, 6.07) is 5.85. The Balaban J connectivity index is 1.93. The van der Waals surface area contributed by atoms with Crippen LogP contribution in [0.5, 0.6) is 0 Å². The number of para-hydroxylation sites is 1. The molecule has 0 aliphatic carbocycles. The number of nitrogens with zero attached hydrogens (tertiary/aromatic N) is 2. The Morgan fingerprint density at radius 2 is 1.84 bits per heavy atom. The van der Waals surface area contributed by atoms with Gasteiger partial charge in [-0.05, 0) is 39.7 Å². The van der Waals surface area contributed by atoms with Crippen LogP contribution in [0.3, 0.4) is 0 Å². The molecular formula is C17H23N3O5. The Morgan fingerprint density at radius 1 is 1.24 bits per heavy atom. The molecule has 1 heterocycles. The molecule has 0 spiro atoms. The summed E-state index contributed by atoms with van der Waals surface area (Å²) in [6.45, 7) is 6.22. The Bertz CT molecular complexity index is 660. The molecule has 0 saturated carbocycles. The van der Waals surface area contributed by atoms with Gasteiger partial charge in [0.1, 0.15) is 11.2 Å². The highest BCUT2D eigenvalue weighted by Crippen LogP contribution is 2.22. The van der Waals surface area contributed by atoms with Crippen molar-refractivity contribution in [3.63, 3.8) is 0 Å². The molecule has 1 fully saturated rings. The topological polar surface area (TPSA) is 102 Å². The SMILES string of the molecule is CC(C)(C)OC(=O)NC1CCN(C(=O)c2ccccc2[N+](=O)[O-])CC1. The fourth-order valence-electron chi connectivity index (χ4n) is 2.69. The normalized spacial score (nSPS) is 15.6. The number of carbonyl (C=O) groups excluding carboxylic acids is 2. The monoisotopic (exact) mass is 349 g/mol. The summed E-state index contributed by atoms with van der Waals surface area (Å²) in [5.74, 6) is -0.358. The van der Waals surface area contributed by atoms with Crippen molar-refractivity contribution in [3.8, 4) is 0 Å². The maximum Gasteiger partial charge on any atom is 0.407 e. The third kappa shape index (κ3) is 5.17. The van der Waals surface area contributed by atoms with Crippen molar-refractivity contribution in [2.75, 3.05) is 13.1 Å². The Labute approximate surface area is 146 Å². The van der Waals surface area contributed by atoms with E-state index in [1.165, 1.54) is 18.2 Å². The van der Waals surface area contributed by atoms with Gasteiger partial charge in [-0.2, -0.15) is 0 Å². The molecule has 1 aromatic rings. The van der Waals surface area contributed by atoms with Crippen molar-refractivity contribution < 1.29 is 19.2 Å². The zero-order valence-electron chi connectivity index (χ0n) is 14.7. The van der Waals surface area contributed by atoms with Crippen molar-refractivity contribution in [1.82, 2.24) is 10.2 Å². The van der Waals surface area contributed by atoms with Gasteiger partial charge in [0.15, 0.2) is 0 Å². The molecular weight excluding hydrogens is 326 g/mol. The minimum absolute atomic E-state index is 0.0790. The van der Waals surface area contributed by atoms with Gasteiger partial charge in [-0.3, -0.25) is 14.9 Å². The number of carbonyl (C=O) groups is 2. The van der Waals surface area contributed by atoms with Crippen LogP contribution < -0.4 is 5.32 Å². The predicted octanol–water partition coefficient (Wildman–Crippen LogP) is 2.72. The third-order valence-corrected chi connectivity index (χ3v) is 3.83. The smallest absolute Gasteiger partial charge is 0.407 e. The number of nitro groups is 1. The molecule has 2 rings (SSSR count). The first kappa shape index (κ1) is 18.7. The number of rotatable bonds is 3. The summed E-state index contributed by atoms with van der Waals surface area (Å²) in [5, 5.41) is 13.9. The number of hydrogen-bond donors (Lipinski definition) is 1. The first-order valence-electron chi connectivity index (χ1n) is 8.19. The molecule has 0 aromatic heterocycles. The van der Waals surface area contributed by atoms with Gasteiger partial charge in [0.05, 0.1) is 4.92 Å². The molecule has 2 amide bonds. The largest absolute Gasteiger partial charge is 0.444 e. The molecule has 0 unspecified atom stereocenters. The number of piperidine rings is 1. The molecule has 8 nitrogen and oxygen atoms in total. The summed E-state index contributed by atoms with van der Waals surface area (Å²) in [5.41, 5.74) is -0.667. The van der Waals surface area contributed by atoms with Crippen LogP contribution in [0.4, 0.5) is 10.5 Å². The van der Waals surface area contributed by atoms with E-state index in [2.05, 4.69) is 5.32 Å². The van der Waals surface area contributed by atoms with Crippen molar-refractivity contribution in [3.05, 3.63) is 39.9 Å². The van der Waals surface area contributed by atoms with Crippen LogP contribution in [0.25, 0.3) is 0 Å². The Kier molecular flexibility index (Phi) is 5.61. The van der Waals surface area contributed by atoms with E-state index in [-0.39, 0.29) is 23.2 Å². The van der Waals surface area contributed by atoms with Gasteiger partial charge in [0.2, 0.25) is 0 Å². The predicted molar refractivity (Wildman–Crippen MR) is 91.4 cm³/mol. The minimum atomic E-state index is -0.563. The number of amides is 2. The van der Waals surface area contributed by atoms with E-state index in [0.29, 0.717) is 25.9 Å². The maximum absolute atomic E-state index is 12.6. The number of nitrogens with one attached hydrogen (secondary N) is 1. The second-order valence-corrected chi connectivity index (χ2v) is 6.99. The third-order valence-electron chi connectivity index (χ3n) is 3.83. The van der Waals surface area contributed by atoms with Crippen LogP contribution in [0.2, 0.25) is 0 Å². The molecule has 1 saturated heterocycles. The minimum Gasteiger partial charge on any atom is -0.444 e. The zero-order valence-corrected chi connectivity index (χ0v) is 14.7. The van der Waals surface area contributed by atoms with E-state index >= 15 is 0 Å². The summed E-state index contributed by atoms with van der Waals surface area (Å²) >= 11 is 0. The first-order valence-corrected chi connectivity index (χ1v) is 8.19. The molecule has 0 radical (unpaired) electrons. The van der Waals surface area contributed by atoms with E-state index < -0.39 is 16.6 Å². The highest BCUT2D eigenvalue weighted by atomic mass is 16.6. The second kappa shape index (κ2) is 7.50. The first-order chi connectivity index (χ1) is 11.7. The van der Waals surface area contributed by atoms with E-state index in [9.17, 15) is 19.7 Å². The second-order valence-electron chi connectivity index (χ2n) is 6.99. The van der Waals surface area contributed by atoms with Crippen LogP contribution in [0, 0.1) is 10.1 Å². The summed E-state index contributed by atoms with van der Waals surface area (Å²) < 4.78 is 5.22. The molecule has 136 valence electrons.